The first-order valence-corrected chi connectivity index (χ1v) is 6.75. The third kappa shape index (κ3) is 2.96. The molecule has 4 heteroatoms. The molecule has 0 aliphatic rings. The summed E-state index contributed by atoms with van der Waals surface area (Å²) in [4.78, 5) is 1.17. The standard InChI is InChI=1S/C10H15BrClNS/c1-3-4-6(2)9(13)8-5-7(12)10(11)14-8/h5-6,9H,3-4,13H2,1-2H3. The van der Waals surface area contributed by atoms with Crippen LogP contribution in [-0.4, -0.2) is 0 Å². The van der Waals surface area contributed by atoms with Crippen LogP contribution in [0, 0.1) is 5.92 Å². The largest absolute Gasteiger partial charge is 0.323 e. The van der Waals surface area contributed by atoms with Gasteiger partial charge in [-0.15, -0.1) is 11.3 Å². The van der Waals surface area contributed by atoms with E-state index in [1.807, 2.05) is 6.07 Å². The van der Waals surface area contributed by atoms with Gasteiger partial charge in [0.1, 0.15) is 0 Å². The number of thiophene rings is 1. The highest BCUT2D eigenvalue weighted by molar-refractivity contribution is 9.11. The Morgan fingerprint density at radius 3 is 2.71 bits per heavy atom. The van der Waals surface area contributed by atoms with Gasteiger partial charge < -0.3 is 5.73 Å². The maximum absolute atomic E-state index is 6.14. The predicted octanol–water partition coefficient (Wildman–Crippen LogP) is 4.60. The quantitative estimate of drug-likeness (QED) is 0.863. The molecule has 0 saturated carbocycles. The molecule has 1 rings (SSSR count). The molecule has 0 bridgehead atoms. The van der Waals surface area contributed by atoms with Gasteiger partial charge in [0, 0.05) is 10.9 Å². The summed E-state index contributed by atoms with van der Waals surface area (Å²) < 4.78 is 0.980. The highest BCUT2D eigenvalue weighted by atomic mass is 79.9. The molecule has 80 valence electrons. The number of rotatable bonds is 4. The average Bonchev–Trinajstić information content (AvgIpc) is 2.46. The topological polar surface area (TPSA) is 26.0 Å². The number of halogens is 2. The van der Waals surface area contributed by atoms with Crippen molar-refractivity contribution in [2.24, 2.45) is 11.7 Å². The third-order valence-corrected chi connectivity index (χ3v) is 4.93. The van der Waals surface area contributed by atoms with Gasteiger partial charge in [0.05, 0.1) is 8.81 Å². The first kappa shape index (κ1) is 12.5. The second-order valence-corrected chi connectivity index (χ2v) is 6.37. The molecule has 0 aromatic carbocycles. The summed E-state index contributed by atoms with van der Waals surface area (Å²) in [5.74, 6) is 0.515. The Balaban J connectivity index is 2.73. The Bertz CT molecular complexity index is 281. The zero-order valence-corrected chi connectivity index (χ0v) is 11.5. The first-order valence-electron chi connectivity index (χ1n) is 4.76. The lowest BCUT2D eigenvalue weighted by Gasteiger charge is -2.17. The summed E-state index contributed by atoms with van der Waals surface area (Å²) >= 11 is 11.0. The summed E-state index contributed by atoms with van der Waals surface area (Å²) in [6.07, 6.45) is 2.34. The minimum atomic E-state index is 0.115. The molecule has 0 amide bonds. The molecule has 0 aliphatic heterocycles. The van der Waals surface area contributed by atoms with Gasteiger partial charge in [-0.3, -0.25) is 0 Å². The molecule has 1 aromatic rings. The van der Waals surface area contributed by atoms with Gasteiger partial charge in [0.2, 0.25) is 0 Å². The van der Waals surface area contributed by atoms with Gasteiger partial charge in [-0.05, 0) is 34.3 Å². The van der Waals surface area contributed by atoms with Crippen LogP contribution in [-0.2, 0) is 0 Å². The lowest BCUT2D eigenvalue weighted by molar-refractivity contribution is 0.438. The predicted molar refractivity (Wildman–Crippen MR) is 68.0 cm³/mol. The van der Waals surface area contributed by atoms with Crippen LogP contribution in [0.2, 0.25) is 5.02 Å². The van der Waals surface area contributed by atoms with E-state index in [0.29, 0.717) is 5.92 Å². The van der Waals surface area contributed by atoms with E-state index in [0.717, 1.165) is 15.2 Å². The van der Waals surface area contributed by atoms with Crippen molar-refractivity contribution in [3.05, 3.63) is 19.8 Å². The van der Waals surface area contributed by atoms with Crippen molar-refractivity contribution in [1.29, 1.82) is 0 Å². The number of nitrogens with two attached hydrogens (primary N) is 1. The highest BCUT2D eigenvalue weighted by Gasteiger charge is 2.17. The molecule has 2 N–H and O–H groups in total. The van der Waals surface area contributed by atoms with Gasteiger partial charge in [0.15, 0.2) is 0 Å². The van der Waals surface area contributed by atoms with Crippen LogP contribution >= 0.6 is 38.9 Å². The van der Waals surface area contributed by atoms with Crippen LogP contribution in [0.4, 0.5) is 0 Å². The lowest BCUT2D eigenvalue weighted by Crippen LogP contribution is -2.17. The molecule has 0 fully saturated rings. The van der Waals surface area contributed by atoms with Crippen molar-refractivity contribution in [1.82, 2.24) is 0 Å². The zero-order valence-electron chi connectivity index (χ0n) is 8.39. The molecule has 1 heterocycles. The third-order valence-electron chi connectivity index (χ3n) is 2.35. The fraction of sp³-hybridized carbons (Fsp3) is 0.600. The van der Waals surface area contributed by atoms with Crippen molar-refractivity contribution in [3.8, 4) is 0 Å². The maximum atomic E-state index is 6.14. The van der Waals surface area contributed by atoms with Gasteiger partial charge in [-0.1, -0.05) is 31.9 Å². The minimum absolute atomic E-state index is 0.115. The average molecular weight is 297 g/mol. The lowest BCUT2D eigenvalue weighted by atomic mass is 9.97. The summed E-state index contributed by atoms with van der Waals surface area (Å²) in [6, 6.07) is 2.08. The second-order valence-electron chi connectivity index (χ2n) is 3.56. The van der Waals surface area contributed by atoms with Crippen LogP contribution in [0.5, 0.6) is 0 Å². The highest BCUT2D eigenvalue weighted by Crippen LogP contribution is 2.37. The second kappa shape index (κ2) is 5.50. The van der Waals surface area contributed by atoms with E-state index < -0.39 is 0 Å². The van der Waals surface area contributed by atoms with E-state index in [2.05, 4.69) is 29.8 Å². The van der Waals surface area contributed by atoms with Gasteiger partial charge in [0.25, 0.3) is 0 Å². The van der Waals surface area contributed by atoms with Gasteiger partial charge in [-0.2, -0.15) is 0 Å². The molecule has 2 unspecified atom stereocenters. The molecule has 1 nitrogen and oxygen atoms in total. The van der Waals surface area contributed by atoms with Crippen molar-refractivity contribution < 1.29 is 0 Å². The molecule has 0 saturated heterocycles. The Morgan fingerprint density at radius 2 is 2.29 bits per heavy atom. The van der Waals surface area contributed by atoms with Crippen LogP contribution in [0.3, 0.4) is 0 Å². The zero-order chi connectivity index (χ0) is 10.7. The van der Waals surface area contributed by atoms with E-state index in [4.69, 9.17) is 17.3 Å². The molecule has 1 aromatic heterocycles. The normalized spacial score (nSPS) is 15.5. The molecular formula is C10H15BrClNS. The molecular weight excluding hydrogens is 282 g/mol. The Labute approximate surface area is 103 Å². The smallest absolute Gasteiger partial charge is 0.0887 e. The van der Waals surface area contributed by atoms with Crippen molar-refractivity contribution in [2.75, 3.05) is 0 Å². The fourth-order valence-electron chi connectivity index (χ4n) is 1.44. The molecule has 0 spiro atoms. The van der Waals surface area contributed by atoms with Crippen molar-refractivity contribution in [3.63, 3.8) is 0 Å². The van der Waals surface area contributed by atoms with E-state index in [9.17, 15) is 0 Å². The molecule has 14 heavy (non-hydrogen) atoms. The van der Waals surface area contributed by atoms with Crippen LogP contribution < -0.4 is 5.73 Å². The van der Waals surface area contributed by atoms with Gasteiger partial charge in [-0.25, -0.2) is 0 Å². The van der Waals surface area contributed by atoms with E-state index >= 15 is 0 Å². The Kier molecular flexibility index (Phi) is 4.91. The maximum Gasteiger partial charge on any atom is 0.0887 e. The van der Waals surface area contributed by atoms with Crippen LogP contribution in [0.15, 0.2) is 9.85 Å². The van der Waals surface area contributed by atoms with Crippen molar-refractivity contribution in [2.45, 2.75) is 32.7 Å². The number of hydrogen-bond acceptors (Lipinski definition) is 2. The summed E-state index contributed by atoms with van der Waals surface area (Å²) in [6.45, 7) is 4.37. The summed E-state index contributed by atoms with van der Waals surface area (Å²) in [5.41, 5.74) is 6.14. The minimum Gasteiger partial charge on any atom is -0.323 e. The van der Waals surface area contributed by atoms with Gasteiger partial charge >= 0.3 is 0 Å². The van der Waals surface area contributed by atoms with E-state index in [1.165, 1.54) is 11.3 Å². The van der Waals surface area contributed by atoms with Crippen LogP contribution in [0.1, 0.15) is 37.6 Å². The SMILES string of the molecule is CCCC(C)C(N)c1cc(Cl)c(Br)s1. The van der Waals surface area contributed by atoms with E-state index in [1.54, 1.807) is 11.3 Å². The summed E-state index contributed by atoms with van der Waals surface area (Å²) in [7, 11) is 0. The monoisotopic (exact) mass is 295 g/mol. The molecule has 0 radical (unpaired) electrons. The van der Waals surface area contributed by atoms with Crippen LogP contribution in [0.25, 0.3) is 0 Å². The van der Waals surface area contributed by atoms with Crippen molar-refractivity contribution >= 4 is 38.9 Å². The molecule has 2 atom stereocenters. The fourth-order valence-corrected chi connectivity index (χ4v) is 3.32. The summed E-state index contributed by atoms with van der Waals surface area (Å²) in [5, 5.41) is 0.768. The Morgan fingerprint density at radius 1 is 1.64 bits per heavy atom. The first-order chi connectivity index (χ1) is 6.56. The Hall–Kier alpha value is 0.430. The van der Waals surface area contributed by atoms with E-state index in [-0.39, 0.29) is 6.04 Å². The molecule has 0 aliphatic carbocycles. The number of hydrogen-bond donors (Lipinski definition) is 1.